The Morgan fingerprint density at radius 1 is 1.56 bits per heavy atom. The molecule has 0 amide bonds. The molecule has 1 aliphatic rings. The van der Waals surface area contributed by atoms with E-state index in [1.54, 1.807) is 12.4 Å². The van der Waals surface area contributed by atoms with Crippen molar-refractivity contribution in [2.24, 2.45) is 0 Å². The van der Waals surface area contributed by atoms with Gasteiger partial charge in [-0.3, -0.25) is 4.98 Å². The van der Waals surface area contributed by atoms with E-state index in [2.05, 4.69) is 27.1 Å². The first-order chi connectivity index (χ1) is 7.83. The predicted molar refractivity (Wildman–Crippen MR) is 63.8 cm³/mol. The first-order valence-corrected chi connectivity index (χ1v) is 5.70. The van der Waals surface area contributed by atoms with Crippen LogP contribution in [-0.2, 0) is 4.74 Å². The number of rotatable bonds is 3. The molecule has 2 rings (SSSR count). The Hall–Kier alpha value is -1.36. The van der Waals surface area contributed by atoms with Crippen LogP contribution in [0.1, 0.15) is 13.3 Å². The molecule has 1 aromatic heterocycles. The molecule has 1 fully saturated rings. The van der Waals surface area contributed by atoms with E-state index in [-0.39, 0.29) is 0 Å². The number of nitrogens with zero attached hydrogens (tertiary/aromatic N) is 3. The molecule has 1 aliphatic heterocycles. The lowest BCUT2D eigenvalue weighted by molar-refractivity contribution is 0.0381. The minimum atomic E-state index is 0.314. The molecule has 0 bridgehead atoms. The smallest absolute Gasteiger partial charge is 0.149 e. The van der Waals surface area contributed by atoms with Gasteiger partial charge in [-0.1, -0.05) is 6.92 Å². The van der Waals surface area contributed by atoms with Gasteiger partial charge in [-0.2, -0.15) is 0 Å². The quantitative estimate of drug-likeness (QED) is 0.831. The summed E-state index contributed by atoms with van der Waals surface area (Å²) in [6.07, 6.45) is 4.88. The number of anilines is 2. The van der Waals surface area contributed by atoms with Crippen molar-refractivity contribution in [3.63, 3.8) is 0 Å². The second-order valence-electron chi connectivity index (χ2n) is 3.86. The molecule has 1 unspecified atom stereocenters. The Morgan fingerprint density at radius 3 is 3.19 bits per heavy atom. The van der Waals surface area contributed by atoms with Crippen LogP contribution in [0.4, 0.5) is 11.6 Å². The van der Waals surface area contributed by atoms with Crippen molar-refractivity contribution in [2.75, 3.05) is 37.0 Å². The van der Waals surface area contributed by atoms with Crippen molar-refractivity contribution in [3.05, 3.63) is 12.4 Å². The Bertz CT molecular complexity index is 345. The van der Waals surface area contributed by atoms with Crippen LogP contribution in [0.5, 0.6) is 0 Å². The molecule has 1 aromatic rings. The summed E-state index contributed by atoms with van der Waals surface area (Å²) in [5.74, 6) is 1.73. The van der Waals surface area contributed by atoms with Gasteiger partial charge in [-0.15, -0.1) is 0 Å². The summed E-state index contributed by atoms with van der Waals surface area (Å²) in [5, 5.41) is 3.00. The second kappa shape index (κ2) is 5.12. The van der Waals surface area contributed by atoms with Gasteiger partial charge in [-0.05, 0) is 6.42 Å². The van der Waals surface area contributed by atoms with Crippen molar-refractivity contribution in [1.29, 1.82) is 0 Å². The lowest BCUT2D eigenvalue weighted by Gasteiger charge is -2.33. The van der Waals surface area contributed by atoms with Crippen LogP contribution in [-0.4, -0.2) is 42.8 Å². The molecule has 88 valence electrons. The van der Waals surface area contributed by atoms with Crippen molar-refractivity contribution in [1.82, 2.24) is 9.97 Å². The van der Waals surface area contributed by atoms with Gasteiger partial charge in [0.15, 0.2) is 0 Å². The van der Waals surface area contributed by atoms with Gasteiger partial charge in [0.25, 0.3) is 0 Å². The van der Waals surface area contributed by atoms with Crippen LogP contribution in [0.25, 0.3) is 0 Å². The third-order valence-electron chi connectivity index (χ3n) is 2.80. The molecule has 5 nitrogen and oxygen atoms in total. The number of nitrogens with one attached hydrogen (secondary N) is 1. The zero-order chi connectivity index (χ0) is 11.4. The lowest BCUT2D eigenvalue weighted by Crippen LogP contribution is -2.42. The highest BCUT2D eigenvalue weighted by Crippen LogP contribution is 2.16. The van der Waals surface area contributed by atoms with Gasteiger partial charge in [0.2, 0.25) is 0 Å². The normalized spacial score (nSPS) is 20.9. The zero-order valence-electron chi connectivity index (χ0n) is 9.81. The number of morpholine rings is 1. The Labute approximate surface area is 95.8 Å². The summed E-state index contributed by atoms with van der Waals surface area (Å²) in [6.45, 7) is 4.70. The highest BCUT2D eigenvalue weighted by atomic mass is 16.5. The second-order valence-corrected chi connectivity index (χ2v) is 3.86. The molecule has 0 saturated carbocycles. The van der Waals surface area contributed by atoms with Crippen molar-refractivity contribution in [3.8, 4) is 0 Å². The van der Waals surface area contributed by atoms with E-state index in [4.69, 9.17) is 4.74 Å². The Morgan fingerprint density at radius 2 is 2.44 bits per heavy atom. The van der Waals surface area contributed by atoms with Gasteiger partial charge < -0.3 is 15.0 Å². The minimum Gasteiger partial charge on any atom is -0.375 e. The lowest BCUT2D eigenvalue weighted by atomic mass is 10.2. The SMILES string of the molecule is CCC1CN(c2cncc(NC)n2)CCO1. The van der Waals surface area contributed by atoms with E-state index in [0.29, 0.717) is 6.10 Å². The minimum absolute atomic E-state index is 0.314. The van der Waals surface area contributed by atoms with Crippen molar-refractivity contribution < 1.29 is 4.74 Å². The molecule has 1 N–H and O–H groups in total. The van der Waals surface area contributed by atoms with Gasteiger partial charge in [0.05, 0.1) is 25.1 Å². The topological polar surface area (TPSA) is 50.3 Å². The van der Waals surface area contributed by atoms with Gasteiger partial charge in [-0.25, -0.2) is 4.98 Å². The Balaban J connectivity index is 2.10. The average Bonchev–Trinajstić information content (AvgIpc) is 2.39. The van der Waals surface area contributed by atoms with E-state index in [1.165, 1.54) is 0 Å². The summed E-state index contributed by atoms with van der Waals surface area (Å²) >= 11 is 0. The fourth-order valence-electron chi connectivity index (χ4n) is 1.80. The van der Waals surface area contributed by atoms with Gasteiger partial charge in [0, 0.05) is 20.1 Å². The number of ether oxygens (including phenoxy) is 1. The maximum Gasteiger partial charge on any atom is 0.149 e. The van der Waals surface area contributed by atoms with Gasteiger partial charge in [0.1, 0.15) is 11.6 Å². The predicted octanol–water partition coefficient (Wildman–Crippen LogP) is 1.13. The van der Waals surface area contributed by atoms with E-state index in [9.17, 15) is 0 Å². The molecule has 0 aromatic carbocycles. The maximum atomic E-state index is 5.63. The van der Waals surface area contributed by atoms with Crippen LogP contribution in [0.15, 0.2) is 12.4 Å². The molecule has 16 heavy (non-hydrogen) atoms. The van der Waals surface area contributed by atoms with Crippen LogP contribution in [0.3, 0.4) is 0 Å². The third-order valence-corrected chi connectivity index (χ3v) is 2.80. The standard InChI is InChI=1S/C11H18N4O/c1-3-9-8-15(4-5-16-9)11-7-13-6-10(12-2)14-11/h6-7,9H,3-5,8H2,1-2H3,(H,12,14). The molecular formula is C11H18N4O. The summed E-state index contributed by atoms with van der Waals surface area (Å²) in [6, 6.07) is 0. The van der Waals surface area contributed by atoms with Crippen LogP contribution in [0.2, 0.25) is 0 Å². The zero-order valence-corrected chi connectivity index (χ0v) is 9.81. The molecule has 0 radical (unpaired) electrons. The molecule has 0 spiro atoms. The van der Waals surface area contributed by atoms with E-state index < -0.39 is 0 Å². The van der Waals surface area contributed by atoms with Crippen LogP contribution < -0.4 is 10.2 Å². The fourth-order valence-corrected chi connectivity index (χ4v) is 1.80. The summed E-state index contributed by atoms with van der Waals surface area (Å²) in [5.41, 5.74) is 0. The van der Waals surface area contributed by atoms with Gasteiger partial charge >= 0.3 is 0 Å². The molecule has 1 saturated heterocycles. The maximum absolute atomic E-state index is 5.63. The van der Waals surface area contributed by atoms with Crippen LogP contribution in [0, 0.1) is 0 Å². The summed E-state index contributed by atoms with van der Waals surface area (Å²) in [4.78, 5) is 10.9. The molecule has 2 heterocycles. The largest absolute Gasteiger partial charge is 0.375 e. The van der Waals surface area contributed by atoms with E-state index >= 15 is 0 Å². The monoisotopic (exact) mass is 222 g/mol. The molecule has 0 aliphatic carbocycles. The molecule has 5 heteroatoms. The fraction of sp³-hybridized carbons (Fsp3) is 0.636. The van der Waals surface area contributed by atoms with Crippen LogP contribution >= 0.6 is 0 Å². The number of aromatic nitrogens is 2. The highest BCUT2D eigenvalue weighted by molar-refractivity contribution is 5.43. The van der Waals surface area contributed by atoms with Crippen molar-refractivity contribution >= 4 is 11.6 Å². The van der Waals surface area contributed by atoms with E-state index in [0.717, 1.165) is 37.8 Å². The van der Waals surface area contributed by atoms with Crippen molar-refractivity contribution in [2.45, 2.75) is 19.4 Å². The first-order valence-electron chi connectivity index (χ1n) is 5.70. The molecule has 1 atom stereocenters. The number of hydrogen-bond acceptors (Lipinski definition) is 5. The first kappa shape index (κ1) is 11.1. The molecular weight excluding hydrogens is 204 g/mol. The third kappa shape index (κ3) is 2.41. The summed E-state index contributed by atoms with van der Waals surface area (Å²) < 4.78 is 5.63. The highest BCUT2D eigenvalue weighted by Gasteiger charge is 2.20. The summed E-state index contributed by atoms with van der Waals surface area (Å²) in [7, 11) is 1.85. The average molecular weight is 222 g/mol. The Kier molecular flexibility index (Phi) is 3.56. The van der Waals surface area contributed by atoms with E-state index in [1.807, 2.05) is 7.05 Å². The number of hydrogen-bond donors (Lipinski definition) is 1.